The lowest BCUT2D eigenvalue weighted by Gasteiger charge is -2.25. The van der Waals surface area contributed by atoms with Crippen molar-refractivity contribution < 1.29 is 23.9 Å². The third-order valence-corrected chi connectivity index (χ3v) is 5.26. The summed E-state index contributed by atoms with van der Waals surface area (Å²) in [5, 5.41) is 0. The molecule has 0 spiro atoms. The first-order valence-corrected chi connectivity index (χ1v) is 13.5. The van der Waals surface area contributed by atoms with Gasteiger partial charge in [-0.05, 0) is 38.0 Å². The number of hydrogen-bond acceptors (Lipinski definition) is 5. The van der Waals surface area contributed by atoms with Crippen LogP contribution in [0.25, 0.3) is 0 Å². The Labute approximate surface area is 173 Å². The first kappa shape index (κ1) is 22.7. The lowest BCUT2D eigenvalue weighted by Crippen LogP contribution is -2.42. The number of fused-ring (bicyclic) bond motifs is 1. The summed E-state index contributed by atoms with van der Waals surface area (Å²) in [5.41, 5.74) is 5.49. The number of hydrogen-bond donors (Lipinski definition) is 0. The second kappa shape index (κ2) is 9.75. The molecule has 7 heteroatoms. The summed E-state index contributed by atoms with van der Waals surface area (Å²) in [6, 6.07) is 4.75. The van der Waals surface area contributed by atoms with E-state index in [2.05, 4.69) is 31.1 Å². The van der Waals surface area contributed by atoms with Crippen LogP contribution in [0.2, 0.25) is 19.6 Å². The van der Waals surface area contributed by atoms with E-state index in [9.17, 15) is 14.4 Å². The van der Waals surface area contributed by atoms with Gasteiger partial charge in [0.1, 0.15) is 14.1 Å². The Balaban J connectivity index is 2.23. The minimum Gasteiger partial charge on any atom is -0.466 e. The van der Waals surface area contributed by atoms with E-state index in [0.29, 0.717) is 12.1 Å². The van der Waals surface area contributed by atoms with Crippen LogP contribution in [-0.4, -0.2) is 50.1 Å². The average Bonchev–Trinajstić information content (AvgIpc) is 2.96. The highest BCUT2D eigenvalue weighted by Gasteiger charge is 2.37. The van der Waals surface area contributed by atoms with Crippen molar-refractivity contribution >= 4 is 25.9 Å². The van der Waals surface area contributed by atoms with Crippen molar-refractivity contribution in [1.82, 2.24) is 4.90 Å². The van der Waals surface area contributed by atoms with E-state index >= 15 is 0 Å². The summed E-state index contributed by atoms with van der Waals surface area (Å²) in [6.45, 7) is 10.7. The molecule has 0 N–H and O–H groups in total. The minimum absolute atomic E-state index is 0.0460. The Morgan fingerprint density at radius 1 is 1.17 bits per heavy atom. The number of carbonyl (C=O) groups is 3. The minimum atomic E-state index is -1.53. The van der Waals surface area contributed by atoms with E-state index in [1.807, 2.05) is 12.1 Å². The van der Waals surface area contributed by atoms with Gasteiger partial charge in [-0.3, -0.25) is 9.59 Å². The maximum atomic E-state index is 13.0. The monoisotopic (exact) mass is 415 g/mol. The molecular weight excluding hydrogens is 386 g/mol. The average molecular weight is 416 g/mol. The highest BCUT2D eigenvalue weighted by atomic mass is 28.3. The zero-order chi connectivity index (χ0) is 21.6. The van der Waals surface area contributed by atoms with E-state index in [-0.39, 0.29) is 32.0 Å². The van der Waals surface area contributed by atoms with Crippen molar-refractivity contribution in [1.29, 1.82) is 0 Å². The van der Waals surface area contributed by atoms with Crippen molar-refractivity contribution in [3.8, 4) is 11.5 Å². The Bertz CT molecular complexity index is 847. The van der Waals surface area contributed by atoms with E-state index in [1.54, 1.807) is 19.9 Å². The molecule has 1 aliphatic heterocycles. The molecule has 1 aromatic carbocycles. The van der Waals surface area contributed by atoms with Crippen molar-refractivity contribution in [3.63, 3.8) is 0 Å². The fraction of sp³-hybridized carbons (Fsp3) is 0.500. The molecule has 29 heavy (non-hydrogen) atoms. The van der Waals surface area contributed by atoms with Crippen LogP contribution in [-0.2, 0) is 25.6 Å². The number of rotatable bonds is 7. The van der Waals surface area contributed by atoms with Gasteiger partial charge < -0.3 is 14.4 Å². The van der Waals surface area contributed by atoms with Crippen LogP contribution in [0.1, 0.15) is 48.2 Å². The van der Waals surface area contributed by atoms with E-state index in [4.69, 9.17) is 9.47 Å². The summed E-state index contributed by atoms with van der Waals surface area (Å²) >= 11 is 0. The van der Waals surface area contributed by atoms with Crippen LogP contribution in [0, 0.1) is 11.5 Å². The molecule has 1 aliphatic rings. The van der Waals surface area contributed by atoms with E-state index in [1.165, 1.54) is 4.90 Å². The molecule has 0 aliphatic carbocycles. The standard InChI is InChI=1S/C22H29NO5Si/c1-6-27-20(24)11-10-19(22(26)28-7-2)23-15-17-9-8-16(12-13-29(3,4)5)14-18(17)21(23)25/h8-9,14,19H,6-7,10-11,15H2,1-5H3/t19-/m0/s1. The Kier molecular flexibility index (Phi) is 7.63. The number of benzene rings is 1. The highest BCUT2D eigenvalue weighted by molar-refractivity contribution is 6.83. The molecule has 1 amide bonds. The summed E-state index contributed by atoms with van der Waals surface area (Å²) in [5.74, 6) is 2.03. The number of esters is 2. The quantitative estimate of drug-likeness (QED) is 0.389. The topological polar surface area (TPSA) is 72.9 Å². The SMILES string of the molecule is CCOC(=O)CC[C@@H](C(=O)OCC)N1Cc2ccc(C#C[Si](C)(C)C)cc2C1=O. The molecule has 1 atom stereocenters. The Morgan fingerprint density at radius 2 is 1.86 bits per heavy atom. The van der Waals surface area contributed by atoms with Crippen LogP contribution < -0.4 is 0 Å². The Hall–Kier alpha value is -2.59. The second-order valence-electron chi connectivity index (χ2n) is 7.92. The lowest BCUT2D eigenvalue weighted by molar-refractivity contribution is -0.150. The van der Waals surface area contributed by atoms with Crippen LogP contribution >= 0.6 is 0 Å². The van der Waals surface area contributed by atoms with Gasteiger partial charge in [-0.1, -0.05) is 31.6 Å². The van der Waals surface area contributed by atoms with E-state index in [0.717, 1.165) is 11.1 Å². The summed E-state index contributed by atoms with van der Waals surface area (Å²) in [4.78, 5) is 38.8. The van der Waals surface area contributed by atoms with Gasteiger partial charge in [0.25, 0.3) is 5.91 Å². The van der Waals surface area contributed by atoms with Gasteiger partial charge in [0.2, 0.25) is 0 Å². The third kappa shape index (κ3) is 6.19. The van der Waals surface area contributed by atoms with Gasteiger partial charge in [-0.15, -0.1) is 5.54 Å². The van der Waals surface area contributed by atoms with Crippen LogP contribution in [0.3, 0.4) is 0 Å². The molecule has 1 heterocycles. The molecule has 0 radical (unpaired) electrons. The van der Waals surface area contributed by atoms with Crippen molar-refractivity contribution in [3.05, 3.63) is 34.9 Å². The number of carbonyl (C=O) groups excluding carboxylic acids is 3. The smallest absolute Gasteiger partial charge is 0.328 e. The second-order valence-corrected chi connectivity index (χ2v) is 12.7. The molecule has 0 unspecified atom stereocenters. The fourth-order valence-electron chi connectivity index (χ4n) is 3.04. The molecule has 2 rings (SSSR count). The molecule has 0 saturated heterocycles. The van der Waals surface area contributed by atoms with Crippen molar-refractivity contribution in [2.75, 3.05) is 13.2 Å². The van der Waals surface area contributed by atoms with Gasteiger partial charge in [-0.25, -0.2) is 4.79 Å². The molecule has 156 valence electrons. The zero-order valence-corrected chi connectivity index (χ0v) is 18.8. The predicted molar refractivity (Wildman–Crippen MR) is 113 cm³/mol. The van der Waals surface area contributed by atoms with Gasteiger partial charge in [0, 0.05) is 24.1 Å². The van der Waals surface area contributed by atoms with Crippen LogP contribution in [0.15, 0.2) is 18.2 Å². The van der Waals surface area contributed by atoms with Crippen molar-refractivity contribution in [2.45, 2.75) is 58.9 Å². The first-order chi connectivity index (χ1) is 13.7. The van der Waals surface area contributed by atoms with Crippen molar-refractivity contribution in [2.24, 2.45) is 0 Å². The Morgan fingerprint density at radius 3 is 2.48 bits per heavy atom. The maximum Gasteiger partial charge on any atom is 0.328 e. The van der Waals surface area contributed by atoms with E-state index < -0.39 is 26.1 Å². The summed E-state index contributed by atoms with van der Waals surface area (Å²) in [6.07, 6.45) is 0.212. The summed E-state index contributed by atoms with van der Waals surface area (Å²) < 4.78 is 10.1. The predicted octanol–water partition coefficient (Wildman–Crippen LogP) is 3.15. The molecule has 6 nitrogen and oxygen atoms in total. The van der Waals surface area contributed by atoms with Gasteiger partial charge >= 0.3 is 11.9 Å². The normalized spacial score (nSPS) is 14.0. The molecule has 0 fully saturated rings. The highest BCUT2D eigenvalue weighted by Crippen LogP contribution is 2.27. The van der Waals surface area contributed by atoms with Gasteiger partial charge in [-0.2, -0.15) is 0 Å². The summed E-state index contributed by atoms with van der Waals surface area (Å²) in [7, 11) is -1.53. The van der Waals surface area contributed by atoms with Gasteiger partial charge in [0.15, 0.2) is 0 Å². The van der Waals surface area contributed by atoms with Gasteiger partial charge in [0.05, 0.1) is 13.2 Å². The fourth-order valence-corrected chi connectivity index (χ4v) is 3.56. The largest absolute Gasteiger partial charge is 0.466 e. The first-order valence-electron chi connectivity index (χ1n) is 9.95. The third-order valence-electron chi connectivity index (χ3n) is 4.39. The molecule has 0 aromatic heterocycles. The number of nitrogens with zero attached hydrogens (tertiary/aromatic N) is 1. The van der Waals surface area contributed by atoms with Crippen LogP contribution in [0.5, 0.6) is 0 Å². The molecular formula is C22H29NO5Si. The lowest BCUT2D eigenvalue weighted by atomic mass is 10.1. The molecule has 1 aromatic rings. The molecule has 0 bridgehead atoms. The number of amides is 1. The zero-order valence-electron chi connectivity index (χ0n) is 17.8. The molecule has 0 saturated carbocycles. The van der Waals surface area contributed by atoms with Crippen LogP contribution in [0.4, 0.5) is 0 Å². The number of ether oxygens (including phenoxy) is 2. The maximum absolute atomic E-state index is 13.0.